The Kier molecular flexibility index (Phi) is 1.59. The van der Waals surface area contributed by atoms with Crippen molar-refractivity contribution in [3.05, 3.63) is 0 Å². The zero-order valence-electron chi connectivity index (χ0n) is 8.36. The summed E-state index contributed by atoms with van der Waals surface area (Å²) in [5.41, 5.74) is -0.761. The smallest absolute Gasteiger partial charge is 0.117 e. The van der Waals surface area contributed by atoms with Gasteiger partial charge in [0.2, 0.25) is 0 Å². The molecule has 0 aromatic carbocycles. The van der Waals surface area contributed by atoms with E-state index in [1.807, 2.05) is 6.92 Å². The fraction of sp³-hybridized carbons (Fsp3) is 1.00. The molecule has 0 N–H and O–H groups in total. The lowest BCUT2D eigenvalue weighted by atomic mass is 9.79. The Labute approximate surface area is 74.5 Å². The van der Waals surface area contributed by atoms with Crippen molar-refractivity contribution in [2.75, 3.05) is 0 Å². The third-order valence-electron chi connectivity index (χ3n) is 4.47. The first-order valence-corrected chi connectivity index (χ1v) is 5.22. The number of fused-ring (bicyclic) bond motifs is 1. The van der Waals surface area contributed by atoms with E-state index in [9.17, 15) is 4.39 Å². The molecule has 2 saturated carbocycles. The fourth-order valence-electron chi connectivity index (χ4n) is 3.75. The lowest BCUT2D eigenvalue weighted by Gasteiger charge is -2.25. The quantitative estimate of drug-likeness (QED) is 0.564. The van der Waals surface area contributed by atoms with E-state index in [0.29, 0.717) is 11.8 Å². The maximum atomic E-state index is 14.1. The molecule has 2 rings (SSSR count). The first-order valence-electron chi connectivity index (χ1n) is 5.22. The van der Waals surface area contributed by atoms with Crippen LogP contribution in [0.2, 0.25) is 0 Å². The molecule has 12 heavy (non-hydrogen) atoms. The van der Waals surface area contributed by atoms with Gasteiger partial charge in [0.15, 0.2) is 0 Å². The maximum absolute atomic E-state index is 14.1. The van der Waals surface area contributed by atoms with Crippen LogP contribution in [0.1, 0.15) is 46.5 Å². The minimum atomic E-state index is -0.836. The zero-order chi connectivity index (χ0) is 8.98. The molecule has 2 aliphatic rings. The Hall–Kier alpha value is -0.0700. The summed E-state index contributed by atoms with van der Waals surface area (Å²) >= 11 is 0. The van der Waals surface area contributed by atoms with Crippen molar-refractivity contribution in [1.29, 1.82) is 0 Å². The predicted molar refractivity (Wildman–Crippen MR) is 48.7 cm³/mol. The molecule has 0 spiro atoms. The summed E-state index contributed by atoms with van der Waals surface area (Å²) in [6.07, 6.45) is 4.75. The molecule has 70 valence electrons. The van der Waals surface area contributed by atoms with Crippen LogP contribution in [0.15, 0.2) is 0 Å². The topological polar surface area (TPSA) is 0 Å². The van der Waals surface area contributed by atoms with Crippen LogP contribution in [0.4, 0.5) is 4.39 Å². The summed E-state index contributed by atoms with van der Waals surface area (Å²) in [6.45, 7) is 6.19. The summed E-state index contributed by atoms with van der Waals surface area (Å²) in [6, 6.07) is 0. The standard InChI is InChI=1S/C11H19F/c1-8(2)11-7-5-4-6-9(11)10(11,3)12/h8-9H,4-7H2,1-3H3. The first kappa shape index (κ1) is 8.52. The highest BCUT2D eigenvalue weighted by atomic mass is 19.1. The van der Waals surface area contributed by atoms with E-state index < -0.39 is 5.67 Å². The highest BCUT2D eigenvalue weighted by molar-refractivity contribution is 5.23. The van der Waals surface area contributed by atoms with Crippen molar-refractivity contribution in [3.8, 4) is 0 Å². The van der Waals surface area contributed by atoms with Crippen molar-refractivity contribution in [3.63, 3.8) is 0 Å². The summed E-state index contributed by atoms with van der Waals surface area (Å²) in [7, 11) is 0. The molecule has 0 saturated heterocycles. The number of hydrogen-bond donors (Lipinski definition) is 0. The van der Waals surface area contributed by atoms with Crippen LogP contribution >= 0.6 is 0 Å². The molecule has 1 heteroatoms. The average molecular weight is 170 g/mol. The lowest BCUT2D eigenvalue weighted by Crippen LogP contribution is -2.20. The van der Waals surface area contributed by atoms with Crippen LogP contribution in [0, 0.1) is 17.3 Å². The van der Waals surface area contributed by atoms with Gasteiger partial charge in [0.1, 0.15) is 5.67 Å². The molecule has 0 aromatic heterocycles. The van der Waals surface area contributed by atoms with Crippen molar-refractivity contribution >= 4 is 0 Å². The van der Waals surface area contributed by atoms with E-state index in [2.05, 4.69) is 13.8 Å². The van der Waals surface area contributed by atoms with Crippen LogP contribution in [-0.2, 0) is 0 Å². The molecule has 0 aromatic rings. The predicted octanol–water partition coefficient (Wildman–Crippen LogP) is 3.56. The highest BCUT2D eigenvalue weighted by Gasteiger charge is 2.75. The third-order valence-corrected chi connectivity index (χ3v) is 4.47. The molecule has 0 heterocycles. The van der Waals surface area contributed by atoms with E-state index in [1.54, 1.807) is 0 Å². The van der Waals surface area contributed by atoms with Crippen molar-refractivity contribution in [2.24, 2.45) is 17.3 Å². The number of rotatable bonds is 1. The van der Waals surface area contributed by atoms with Gasteiger partial charge < -0.3 is 0 Å². The number of alkyl halides is 1. The summed E-state index contributed by atoms with van der Waals surface area (Å²) in [5.74, 6) is 0.913. The second-order valence-corrected chi connectivity index (χ2v) is 5.07. The molecule has 2 fully saturated rings. The highest BCUT2D eigenvalue weighted by Crippen LogP contribution is 2.74. The average Bonchev–Trinajstić information content (AvgIpc) is 2.52. The molecule has 3 unspecified atom stereocenters. The molecule has 0 amide bonds. The van der Waals surface area contributed by atoms with Crippen molar-refractivity contribution in [1.82, 2.24) is 0 Å². The van der Waals surface area contributed by atoms with E-state index in [-0.39, 0.29) is 5.41 Å². The van der Waals surface area contributed by atoms with Gasteiger partial charge >= 0.3 is 0 Å². The van der Waals surface area contributed by atoms with Crippen LogP contribution in [-0.4, -0.2) is 5.67 Å². The minimum absolute atomic E-state index is 0.0747. The number of hydrogen-bond acceptors (Lipinski definition) is 0. The Bertz CT molecular complexity index is 195. The lowest BCUT2D eigenvalue weighted by molar-refractivity contribution is 0.179. The van der Waals surface area contributed by atoms with Crippen molar-refractivity contribution < 1.29 is 4.39 Å². The molecule has 0 radical (unpaired) electrons. The Balaban J connectivity index is 2.24. The second-order valence-electron chi connectivity index (χ2n) is 5.07. The maximum Gasteiger partial charge on any atom is 0.117 e. The van der Waals surface area contributed by atoms with Gasteiger partial charge in [-0.15, -0.1) is 0 Å². The molecular formula is C11H19F. The summed E-state index contributed by atoms with van der Waals surface area (Å²) in [4.78, 5) is 0. The molecule has 0 aliphatic heterocycles. The molecular weight excluding hydrogens is 151 g/mol. The van der Waals surface area contributed by atoms with E-state index in [0.717, 1.165) is 12.8 Å². The van der Waals surface area contributed by atoms with Crippen LogP contribution in [0.25, 0.3) is 0 Å². The van der Waals surface area contributed by atoms with Gasteiger partial charge in [-0.05, 0) is 25.7 Å². The summed E-state index contributed by atoms with van der Waals surface area (Å²) in [5, 5.41) is 0. The fourth-order valence-corrected chi connectivity index (χ4v) is 3.75. The van der Waals surface area contributed by atoms with Crippen LogP contribution < -0.4 is 0 Å². The SMILES string of the molecule is CC(C)C12CCCCC1C2(C)F. The van der Waals surface area contributed by atoms with Crippen LogP contribution in [0.5, 0.6) is 0 Å². The van der Waals surface area contributed by atoms with E-state index in [1.165, 1.54) is 12.8 Å². The Morgan fingerprint density at radius 2 is 2.00 bits per heavy atom. The van der Waals surface area contributed by atoms with E-state index in [4.69, 9.17) is 0 Å². The monoisotopic (exact) mass is 170 g/mol. The third kappa shape index (κ3) is 0.730. The summed E-state index contributed by atoms with van der Waals surface area (Å²) < 4.78 is 14.1. The van der Waals surface area contributed by atoms with Gasteiger partial charge in [-0.25, -0.2) is 4.39 Å². The van der Waals surface area contributed by atoms with Gasteiger partial charge in [0, 0.05) is 11.3 Å². The van der Waals surface area contributed by atoms with Gasteiger partial charge in [0.05, 0.1) is 0 Å². The second kappa shape index (κ2) is 2.24. The molecule has 2 aliphatic carbocycles. The molecule has 0 bridgehead atoms. The minimum Gasteiger partial charge on any atom is -0.243 e. The van der Waals surface area contributed by atoms with Gasteiger partial charge in [-0.2, -0.15) is 0 Å². The Morgan fingerprint density at radius 1 is 1.33 bits per heavy atom. The Morgan fingerprint density at radius 3 is 2.42 bits per heavy atom. The zero-order valence-corrected chi connectivity index (χ0v) is 8.36. The first-order chi connectivity index (χ1) is 5.53. The van der Waals surface area contributed by atoms with Crippen molar-refractivity contribution in [2.45, 2.75) is 52.1 Å². The van der Waals surface area contributed by atoms with Gasteiger partial charge in [-0.3, -0.25) is 0 Å². The number of halogens is 1. The normalized spacial score (nSPS) is 52.2. The largest absolute Gasteiger partial charge is 0.243 e. The van der Waals surface area contributed by atoms with E-state index >= 15 is 0 Å². The van der Waals surface area contributed by atoms with Gasteiger partial charge in [0.25, 0.3) is 0 Å². The van der Waals surface area contributed by atoms with Gasteiger partial charge in [-0.1, -0.05) is 26.7 Å². The molecule has 3 atom stereocenters. The molecule has 0 nitrogen and oxygen atoms in total. The van der Waals surface area contributed by atoms with Crippen LogP contribution in [0.3, 0.4) is 0 Å².